The number of para-hydroxylation sites is 2. The molecule has 184 valence electrons. The summed E-state index contributed by atoms with van der Waals surface area (Å²) in [6.45, 7) is 1.85. The number of methoxy groups -OCH3 is 1. The summed E-state index contributed by atoms with van der Waals surface area (Å²) in [7, 11) is 1.47. The summed E-state index contributed by atoms with van der Waals surface area (Å²) in [6.07, 6.45) is 1.48. The van der Waals surface area contributed by atoms with E-state index in [9.17, 15) is 9.59 Å². The first-order valence-electron chi connectivity index (χ1n) is 10.9. The minimum atomic E-state index is -0.445. The van der Waals surface area contributed by atoms with E-state index in [1.165, 1.54) is 32.0 Å². The third kappa shape index (κ3) is 6.24. The van der Waals surface area contributed by atoms with Gasteiger partial charge in [-0.05, 0) is 47.5 Å². The van der Waals surface area contributed by atoms with Crippen LogP contribution in [0.15, 0.2) is 77.0 Å². The fourth-order valence-electron chi connectivity index (χ4n) is 3.46. The van der Waals surface area contributed by atoms with Crippen LogP contribution in [-0.4, -0.2) is 40.5 Å². The molecule has 8 nitrogen and oxygen atoms in total. The van der Waals surface area contributed by atoms with Gasteiger partial charge in [-0.1, -0.05) is 53.7 Å². The molecule has 4 rings (SSSR count). The summed E-state index contributed by atoms with van der Waals surface area (Å²) in [4.78, 5) is 28.3. The lowest BCUT2D eigenvalue weighted by atomic mass is 10.2. The minimum Gasteiger partial charge on any atom is -0.493 e. The molecule has 4 aromatic rings. The van der Waals surface area contributed by atoms with E-state index in [1.807, 2.05) is 48.5 Å². The van der Waals surface area contributed by atoms with Crippen LogP contribution in [0.3, 0.4) is 0 Å². The van der Waals surface area contributed by atoms with Gasteiger partial charge in [0.05, 0.1) is 36.7 Å². The zero-order chi connectivity index (χ0) is 25.5. The molecule has 0 saturated carbocycles. The highest BCUT2D eigenvalue weighted by molar-refractivity contribution is 7.99. The van der Waals surface area contributed by atoms with E-state index in [2.05, 4.69) is 15.1 Å². The third-order valence-corrected chi connectivity index (χ3v) is 6.43. The molecule has 0 atom stereocenters. The van der Waals surface area contributed by atoms with Crippen molar-refractivity contribution in [2.24, 2.45) is 5.10 Å². The van der Waals surface area contributed by atoms with Crippen LogP contribution < -0.4 is 14.9 Å². The maximum atomic E-state index is 12.5. The molecule has 0 spiro atoms. The van der Waals surface area contributed by atoms with Gasteiger partial charge in [0.25, 0.3) is 5.91 Å². The lowest BCUT2D eigenvalue weighted by molar-refractivity contribution is -0.132. The first-order valence-corrected chi connectivity index (χ1v) is 12.3. The van der Waals surface area contributed by atoms with Crippen LogP contribution in [0.4, 0.5) is 0 Å². The van der Waals surface area contributed by atoms with Gasteiger partial charge in [0, 0.05) is 11.9 Å². The van der Waals surface area contributed by atoms with Crippen molar-refractivity contribution in [1.82, 2.24) is 15.0 Å². The molecule has 0 radical (unpaired) electrons. The van der Waals surface area contributed by atoms with Crippen LogP contribution in [0.25, 0.3) is 11.0 Å². The number of nitrogens with one attached hydrogen (secondary N) is 1. The Hall–Kier alpha value is -3.82. The van der Waals surface area contributed by atoms with Crippen LogP contribution in [0.5, 0.6) is 11.5 Å². The predicted octanol–water partition coefficient (Wildman–Crippen LogP) is 4.91. The van der Waals surface area contributed by atoms with Crippen molar-refractivity contribution in [2.45, 2.75) is 18.6 Å². The van der Waals surface area contributed by atoms with Crippen LogP contribution in [0.1, 0.15) is 18.1 Å². The average molecular weight is 523 g/mol. The van der Waals surface area contributed by atoms with E-state index in [0.717, 1.165) is 16.6 Å². The highest BCUT2D eigenvalue weighted by Crippen LogP contribution is 2.28. The molecule has 10 heteroatoms. The number of halogens is 1. The number of carbonyl (C=O) groups excluding carboxylic acids is 2. The number of benzene rings is 3. The molecule has 0 saturated heterocycles. The first kappa shape index (κ1) is 25.3. The number of hydrogen-bond acceptors (Lipinski definition) is 7. The number of carbonyl (C=O) groups is 2. The average Bonchev–Trinajstić information content (AvgIpc) is 3.22. The molecule has 0 unspecified atom stereocenters. The Morgan fingerprint density at radius 3 is 2.67 bits per heavy atom. The number of hydrazone groups is 1. The zero-order valence-electron chi connectivity index (χ0n) is 19.6. The second-order valence-corrected chi connectivity index (χ2v) is 9.00. The number of nitrogens with zero attached hydrogens (tertiary/aromatic N) is 3. The number of fused-ring (bicyclic) bond motifs is 1. The molecule has 0 aliphatic carbocycles. The Bertz CT molecular complexity index is 1440. The van der Waals surface area contributed by atoms with Gasteiger partial charge in [0.15, 0.2) is 16.7 Å². The van der Waals surface area contributed by atoms with E-state index in [1.54, 1.807) is 18.2 Å². The van der Waals surface area contributed by atoms with E-state index in [0.29, 0.717) is 33.8 Å². The predicted molar refractivity (Wildman–Crippen MR) is 141 cm³/mol. The van der Waals surface area contributed by atoms with Gasteiger partial charge in [0.1, 0.15) is 0 Å². The van der Waals surface area contributed by atoms with Gasteiger partial charge in [-0.15, -0.1) is 0 Å². The van der Waals surface area contributed by atoms with Gasteiger partial charge in [-0.2, -0.15) is 5.10 Å². The summed E-state index contributed by atoms with van der Waals surface area (Å²) in [5, 5.41) is 5.40. The van der Waals surface area contributed by atoms with Gasteiger partial charge < -0.3 is 14.0 Å². The largest absolute Gasteiger partial charge is 0.493 e. The molecule has 0 aliphatic heterocycles. The highest BCUT2D eigenvalue weighted by Gasteiger charge is 2.14. The number of imidazole rings is 1. The maximum Gasteiger partial charge on any atom is 0.308 e. The summed E-state index contributed by atoms with van der Waals surface area (Å²) < 4.78 is 12.4. The number of hydrogen-bond donors (Lipinski definition) is 1. The Labute approximate surface area is 217 Å². The summed E-state index contributed by atoms with van der Waals surface area (Å²) >= 11 is 7.70. The topological polar surface area (TPSA) is 94.8 Å². The van der Waals surface area contributed by atoms with Crippen molar-refractivity contribution in [3.8, 4) is 11.5 Å². The number of rotatable bonds is 9. The van der Waals surface area contributed by atoms with Gasteiger partial charge in [0.2, 0.25) is 0 Å². The number of aromatic nitrogens is 2. The Morgan fingerprint density at radius 2 is 1.89 bits per heavy atom. The SMILES string of the molecule is COc1cc(C=NNC(=O)CSc2nc3ccccc3n2Cc2ccccc2Cl)ccc1OC(C)=O. The molecule has 1 N–H and O–H groups in total. The molecule has 1 heterocycles. The lowest BCUT2D eigenvalue weighted by Crippen LogP contribution is -2.20. The molecule has 3 aromatic carbocycles. The van der Waals surface area contributed by atoms with Crippen molar-refractivity contribution in [2.75, 3.05) is 12.9 Å². The normalized spacial score (nSPS) is 11.1. The van der Waals surface area contributed by atoms with E-state index in [4.69, 9.17) is 26.1 Å². The zero-order valence-corrected chi connectivity index (χ0v) is 21.2. The first-order chi connectivity index (χ1) is 17.4. The van der Waals surface area contributed by atoms with Crippen molar-refractivity contribution >= 4 is 52.5 Å². The van der Waals surface area contributed by atoms with Crippen molar-refractivity contribution in [3.05, 3.63) is 82.9 Å². The molecule has 0 bridgehead atoms. The molecular formula is C26H23ClN4O4S. The lowest BCUT2D eigenvalue weighted by Gasteiger charge is -2.10. The fraction of sp³-hybridized carbons (Fsp3) is 0.154. The van der Waals surface area contributed by atoms with Crippen LogP contribution in [-0.2, 0) is 16.1 Å². The summed E-state index contributed by atoms with van der Waals surface area (Å²) in [5.41, 5.74) is 5.96. The molecule has 1 amide bonds. The second kappa shape index (κ2) is 11.7. The van der Waals surface area contributed by atoms with Crippen LogP contribution in [0.2, 0.25) is 5.02 Å². The standard InChI is InChI=1S/C26H23ClN4O4S/c1-17(32)35-23-12-11-18(13-24(23)34-2)14-28-30-25(33)16-36-26-29-21-9-5-6-10-22(21)31(26)15-19-7-3-4-8-20(19)27/h3-14H,15-16H2,1-2H3,(H,30,33). The maximum absolute atomic E-state index is 12.5. The smallest absolute Gasteiger partial charge is 0.308 e. The number of amides is 1. The van der Waals surface area contributed by atoms with E-state index in [-0.39, 0.29) is 11.7 Å². The van der Waals surface area contributed by atoms with Crippen molar-refractivity contribution < 1.29 is 19.1 Å². The van der Waals surface area contributed by atoms with Gasteiger partial charge in [-0.25, -0.2) is 10.4 Å². The summed E-state index contributed by atoms with van der Waals surface area (Å²) in [5.74, 6) is 0.0874. The fourth-order valence-corrected chi connectivity index (χ4v) is 4.46. The molecular weight excluding hydrogens is 500 g/mol. The van der Waals surface area contributed by atoms with Crippen LogP contribution >= 0.6 is 23.4 Å². The Kier molecular flexibility index (Phi) is 8.24. The van der Waals surface area contributed by atoms with Gasteiger partial charge >= 0.3 is 5.97 Å². The highest BCUT2D eigenvalue weighted by atomic mass is 35.5. The van der Waals surface area contributed by atoms with Crippen molar-refractivity contribution in [3.63, 3.8) is 0 Å². The minimum absolute atomic E-state index is 0.123. The monoisotopic (exact) mass is 522 g/mol. The number of ether oxygens (including phenoxy) is 2. The second-order valence-electron chi connectivity index (χ2n) is 7.65. The van der Waals surface area contributed by atoms with Crippen molar-refractivity contribution in [1.29, 1.82) is 0 Å². The van der Waals surface area contributed by atoms with E-state index < -0.39 is 5.97 Å². The molecule has 1 aromatic heterocycles. The third-order valence-electron chi connectivity index (χ3n) is 5.08. The molecule has 0 aliphatic rings. The molecule has 0 fully saturated rings. The Morgan fingerprint density at radius 1 is 1.11 bits per heavy atom. The number of thioether (sulfide) groups is 1. The van der Waals surface area contributed by atoms with E-state index >= 15 is 0 Å². The Balaban J connectivity index is 1.42. The number of esters is 1. The quantitative estimate of drug-likeness (QED) is 0.110. The summed E-state index contributed by atoms with van der Waals surface area (Å²) in [6, 6.07) is 20.4. The molecule has 36 heavy (non-hydrogen) atoms. The van der Waals surface area contributed by atoms with Crippen LogP contribution in [0, 0.1) is 0 Å². The van der Waals surface area contributed by atoms with Gasteiger partial charge in [-0.3, -0.25) is 9.59 Å².